The number of halogens is 2. The minimum Gasteiger partial charge on any atom is -0.467 e. The standard InChI is InChI=1S/C19H24BrN5O2.HI/c1-21-19(23-12-18(26)22-11-15-5-4-10-27-15)24-14-8-9-25(13-14)17-7-3-2-6-16(17)20;/h2-7,10,14H,8-9,11-13H2,1H3,(H,22,26)(H2,21,23,24);1H. The lowest BCUT2D eigenvalue weighted by atomic mass is 10.3. The van der Waals surface area contributed by atoms with E-state index < -0.39 is 0 Å². The summed E-state index contributed by atoms with van der Waals surface area (Å²) < 4.78 is 6.29. The molecule has 1 amide bonds. The number of carbonyl (C=O) groups excluding carboxylic acids is 1. The van der Waals surface area contributed by atoms with Gasteiger partial charge in [-0.1, -0.05) is 12.1 Å². The Hall–Kier alpha value is -1.75. The molecule has 9 heteroatoms. The summed E-state index contributed by atoms with van der Waals surface area (Å²) in [6.07, 6.45) is 2.59. The summed E-state index contributed by atoms with van der Waals surface area (Å²) in [5.74, 6) is 1.24. The number of guanidine groups is 1. The molecule has 152 valence electrons. The number of amides is 1. The Morgan fingerprint density at radius 2 is 2.11 bits per heavy atom. The van der Waals surface area contributed by atoms with E-state index in [2.05, 4.69) is 53.9 Å². The number of nitrogens with zero attached hydrogens (tertiary/aromatic N) is 2. The lowest BCUT2D eigenvalue weighted by molar-refractivity contribution is -0.120. The number of anilines is 1. The van der Waals surface area contributed by atoms with Gasteiger partial charge in [0, 0.05) is 30.7 Å². The Labute approximate surface area is 190 Å². The van der Waals surface area contributed by atoms with Crippen molar-refractivity contribution in [2.45, 2.75) is 19.0 Å². The minimum absolute atomic E-state index is 0. The molecule has 1 atom stereocenters. The maximum atomic E-state index is 12.0. The summed E-state index contributed by atoms with van der Waals surface area (Å²) in [5.41, 5.74) is 1.20. The first-order chi connectivity index (χ1) is 13.2. The maximum Gasteiger partial charge on any atom is 0.239 e. The molecule has 7 nitrogen and oxygen atoms in total. The topological polar surface area (TPSA) is 81.9 Å². The quantitative estimate of drug-likeness (QED) is 0.287. The van der Waals surface area contributed by atoms with E-state index in [9.17, 15) is 4.79 Å². The molecule has 1 aliphatic heterocycles. The summed E-state index contributed by atoms with van der Waals surface area (Å²) in [7, 11) is 1.70. The summed E-state index contributed by atoms with van der Waals surface area (Å²) in [5, 5.41) is 9.26. The van der Waals surface area contributed by atoms with Crippen molar-refractivity contribution in [3.63, 3.8) is 0 Å². The highest BCUT2D eigenvalue weighted by atomic mass is 127. The third-order valence-electron chi connectivity index (χ3n) is 4.40. The molecule has 3 rings (SSSR count). The van der Waals surface area contributed by atoms with Gasteiger partial charge in [-0.2, -0.15) is 0 Å². The van der Waals surface area contributed by atoms with Crippen LogP contribution in [0.3, 0.4) is 0 Å². The van der Waals surface area contributed by atoms with Gasteiger partial charge in [-0.25, -0.2) is 0 Å². The molecule has 1 aliphatic rings. The largest absolute Gasteiger partial charge is 0.467 e. The van der Waals surface area contributed by atoms with E-state index in [1.165, 1.54) is 5.69 Å². The fourth-order valence-corrected chi connectivity index (χ4v) is 3.55. The molecule has 1 unspecified atom stereocenters. The summed E-state index contributed by atoms with van der Waals surface area (Å²) >= 11 is 3.61. The smallest absolute Gasteiger partial charge is 0.239 e. The highest BCUT2D eigenvalue weighted by Crippen LogP contribution is 2.28. The van der Waals surface area contributed by atoms with E-state index in [-0.39, 0.29) is 42.5 Å². The zero-order chi connectivity index (χ0) is 19.1. The molecule has 3 N–H and O–H groups in total. The fourth-order valence-electron chi connectivity index (χ4n) is 3.02. The average molecular weight is 562 g/mol. The van der Waals surface area contributed by atoms with Crippen LogP contribution < -0.4 is 20.9 Å². The van der Waals surface area contributed by atoms with Gasteiger partial charge in [0.2, 0.25) is 5.91 Å². The van der Waals surface area contributed by atoms with Crippen LogP contribution >= 0.6 is 39.9 Å². The van der Waals surface area contributed by atoms with Crippen LogP contribution in [0.1, 0.15) is 12.2 Å². The van der Waals surface area contributed by atoms with Crippen LogP contribution in [-0.4, -0.2) is 44.6 Å². The van der Waals surface area contributed by atoms with Crippen molar-refractivity contribution < 1.29 is 9.21 Å². The first-order valence-electron chi connectivity index (χ1n) is 8.91. The van der Waals surface area contributed by atoms with Gasteiger partial charge in [0.05, 0.1) is 25.0 Å². The molecule has 2 aromatic rings. The van der Waals surface area contributed by atoms with Gasteiger partial charge in [0.15, 0.2) is 5.96 Å². The molecule has 1 aromatic carbocycles. The minimum atomic E-state index is -0.115. The van der Waals surface area contributed by atoms with Crippen molar-refractivity contribution in [1.82, 2.24) is 16.0 Å². The van der Waals surface area contributed by atoms with Gasteiger partial charge in [0.25, 0.3) is 0 Å². The van der Waals surface area contributed by atoms with Gasteiger partial charge >= 0.3 is 0 Å². The Kier molecular flexibility index (Phi) is 9.10. The normalized spacial score (nSPS) is 16.4. The van der Waals surface area contributed by atoms with Crippen molar-refractivity contribution >= 4 is 57.5 Å². The lowest BCUT2D eigenvalue weighted by Crippen LogP contribution is -2.47. The van der Waals surface area contributed by atoms with Gasteiger partial charge in [-0.15, -0.1) is 24.0 Å². The molecule has 0 bridgehead atoms. The highest BCUT2D eigenvalue weighted by molar-refractivity contribution is 14.0. The van der Waals surface area contributed by atoms with Gasteiger partial charge < -0.3 is 25.3 Å². The van der Waals surface area contributed by atoms with Crippen LogP contribution in [0.4, 0.5) is 5.69 Å². The number of aliphatic imine (C=N–C) groups is 1. The molecule has 0 aliphatic carbocycles. The molecule has 0 spiro atoms. The fraction of sp³-hybridized carbons (Fsp3) is 0.368. The van der Waals surface area contributed by atoms with Gasteiger partial charge in [-0.05, 0) is 46.6 Å². The predicted octanol–water partition coefficient (Wildman–Crippen LogP) is 2.72. The number of nitrogens with one attached hydrogen (secondary N) is 3. The molecule has 1 aromatic heterocycles. The number of furan rings is 1. The number of hydrogen-bond acceptors (Lipinski definition) is 4. The number of rotatable bonds is 6. The van der Waals surface area contributed by atoms with Crippen LogP contribution in [-0.2, 0) is 11.3 Å². The zero-order valence-corrected chi connectivity index (χ0v) is 19.6. The predicted molar refractivity (Wildman–Crippen MR) is 125 cm³/mol. The van der Waals surface area contributed by atoms with E-state index in [4.69, 9.17) is 4.42 Å². The first kappa shape index (κ1) is 22.5. The Morgan fingerprint density at radius 1 is 1.29 bits per heavy atom. The highest BCUT2D eigenvalue weighted by Gasteiger charge is 2.24. The molecule has 28 heavy (non-hydrogen) atoms. The number of benzene rings is 1. The molecule has 1 saturated heterocycles. The Bertz CT molecular complexity index is 784. The van der Waals surface area contributed by atoms with Crippen LogP contribution in [0.15, 0.2) is 56.5 Å². The second-order valence-corrected chi connectivity index (χ2v) is 7.16. The number of carbonyl (C=O) groups is 1. The van der Waals surface area contributed by atoms with Gasteiger partial charge in [0.1, 0.15) is 5.76 Å². The molecule has 0 saturated carbocycles. The molecule has 0 radical (unpaired) electrons. The summed E-state index contributed by atoms with van der Waals surface area (Å²) in [6.45, 7) is 2.39. The van der Waals surface area contributed by atoms with E-state index in [0.717, 1.165) is 29.7 Å². The van der Waals surface area contributed by atoms with E-state index in [0.29, 0.717) is 12.5 Å². The zero-order valence-electron chi connectivity index (χ0n) is 15.7. The SMILES string of the molecule is CN=C(NCC(=O)NCc1ccco1)NC1CCN(c2ccccc2Br)C1.I. The second kappa shape index (κ2) is 11.3. The van der Waals surface area contributed by atoms with Crippen LogP contribution in [0.2, 0.25) is 0 Å². The van der Waals surface area contributed by atoms with E-state index in [1.54, 1.807) is 19.4 Å². The third-order valence-corrected chi connectivity index (χ3v) is 5.07. The summed E-state index contributed by atoms with van der Waals surface area (Å²) in [6, 6.07) is 12.1. The molecule has 2 heterocycles. The summed E-state index contributed by atoms with van der Waals surface area (Å²) in [4.78, 5) is 18.5. The van der Waals surface area contributed by atoms with Crippen LogP contribution in [0.5, 0.6) is 0 Å². The van der Waals surface area contributed by atoms with Crippen molar-refractivity contribution in [1.29, 1.82) is 0 Å². The van der Waals surface area contributed by atoms with Crippen molar-refractivity contribution in [2.75, 3.05) is 31.6 Å². The molecular formula is C19H25BrIN5O2. The van der Waals surface area contributed by atoms with Crippen molar-refractivity contribution in [2.24, 2.45) is 4.99 Å². The van der Waals surface area contributed by atoms with Crippen LogP contribution in [0, 0.1) is 0 Å². The monoisotopic (exact) mass is 561 g/mol. The van der Waals surface area contributed by atoms with Crippen LogP contribution in [0.25, 0.3) is 0 Å². The van der Waals surface area contributed by atoms with E-state index >= 15 is 0 Å². The first-order valence-corrected chi connectivity index (χ1v) is 9.70. The van der Waals surface area contributed by atoms with E-state index in [1.807, 2.05) is 18.2 Å². The Balaban J connectivity index is 0.00000280. The maximum absolute atomic E-state index is 12.0. The Morgan fingerprint density at radius 3 is 2.82 bits per heavy atom. The molecule has 1 fully saturated rings. The average Bonchev–Trinajstić information content (AvgIpc) is 3.35. The number of hydrogen-bond donors (Lipinski definition) is 3. The van der Waals surface area contributed by atoms with Crippen molar-refractivity contribution in [3.8, 4) is 0 Å². The van der Waals surface area contributed by atoms with Crippen molar-refractivity contribution in [3.05, 3.63) is 52.9 Å². The lowest BCUT2D eigenvalue weighted by Gasteiger charge is -2.21. The van der Waals surface area contributed by atoms with Gasteiger partial charge in [-0.3, -0.25) is 9.79 Å². The second-order valence-electron chi connectivity index (χ2n) is 6.31. The number of para-hydroxylation sites is 1. The molecular weight excluding hydrogens is 537 g/mol. The third kappa shape index (κ3) is 6.40.